The molecule has 0 bridgehead atoms. The van der Waals surface area contributed by atoms with Gasteiger partial charge in [0, 0.05) is 18.4 Å². The van der Waals surface area contributed by atoms with Crippen LogP contribution in [0.3, 0.4) is 0 Å². The van der Waals surface area contributed by atoms with Gasteiger partial charge in [-0.15, -0.1) is 0 Å². The third-order valence-electron chi connectivity index (χ3n) is 4.77. The largest absolute Gasteiger partial charge is 0.466 e. The Morgan fingerprint density at radius 1 is 1.14 bits per heavy atom. The van der Waals surface area contributed by atoms with Crippen LogP contribution in [-0.4, -0.2) is 16.4 Å². The molecular formula is C19H20N2O. The van der Waals surface area contributed by atoms with Gasteiger partial charge in [0.1, 0.15) is 5.75 Å². The fourth-order valence-electron chi connectivity index (χ4n) is 3.36. The van der Waals surface area contributed by atoms with Crippen LogP contribution in [0.1, 0.15) is 43.9 Å². The smallest absolute Gasteiger partial charge is 0.195 e. The van der Waals surface area contributed by atoms with Gasteiger partial charge in [0.05, 0.1) is 11.8 Å². The summed E-state index contributed by atoms with van der Waals surface area (Å²) in [6.07, 6.45) is 1.82. The van der Waals surface area contributed by atoms with Crippen LogP contribution in [0.25, 0.3) is 0 Å². The Hall–Kier alpha value is -2.29. The number of benzene rings is 2. The van der Waals surface area contributed by atoms with Crippen molar-refractivity contribution in [3.63, 3.8) is 0 Å². The molecule has 0 fully saturated rings. The Bertz CT molecular complexity index is 725. The molecule has 2 aromatic carbocycles. The highest BCUT2D eigenvalue weighted by molar-refractivity contribution is 6.01. The lowest BCUT2D eigenvalue weighted by molar-refractivity contribution is -0.108. The van der Waals surface area contributed by atoms with Crippen LogP contribution in [0.15, 0.2) is 59.7 Å². The predicted octanol–water partition coefficient (Wildman–Crippen LogP) is 4.36. The summed E-state index contributed by atoms with van der Waals surface area (Å²) in [4.78, 5) is 0. The molecule has 22 heavy (non-hydrogen) atoms. The second kappa shape index (κ2) is 4.87. The lowest BCUT2D eigenvalue weighted by Crippen LogP contribution is -2.50. The summed E-state index contributed by atoms with van der Waals surface area (Å²) in [7, 11) is 0. The van der Waals surface area contributed by atoms with E-state index in [1.165, 1.54) is 11.1 Å². The molecule has 0 spiro atoms. The molecule has 0 N–H and O–H groups in total. The monoisotopic (exact) mass is 292 g/mol. The van der Waals surface area contributed by atoms with E-state index >= 15 is 0 Å². The molecule has 0 saturated heterocycles. The molecule has 0 unspecified atom stereocenters. The summed E-state index contributed by atoms with van der Waals surface area (Å²) in [6.45, 7) is 4.29. The molecule has 4 rings (SSSR count). The summed E-state index contributed by atoms with van der Waals surface area (Å²) in [5, 5.41) is 7.09. The zero-order chi connectivity index (χ0) is 15.2. The van der Waals surface area contributed by atoms with Gasteiger partial charge in [-0.3, -0.25) is 0 Å². The molecular weight excluding hydrogens is 272 g/mol. The summed E-state index contributed by atoms with van der Waals surface area (Å²) < 4.78 is 6.29. The van der Waals surface area contributed by atoms with Crippen molar-refractivity contribution in [1.29, 1.82) is 0 Å². The Labute approximate surface area is 131 Å². The third-order valence-corrected chi connectivity index (χ3v) is 4.77. The van der Waals surface area contributed by atoms with E-state index in [0.29, 0.717) is 0 Å². The van der Waals surface area contributed by atoms with Crippen molar-refractivity contribution in [3.05, 3.63) is 65.7 Å². The molecule has 0 aromatic heterocycles. The molecule has 0 aliphatic carbocycles. The van der Waals surface area contributed by atoms with Gasteiger partial charge in [0.2, 0.25) is 0 Å². The van der Waals surface area contributed by atoms with Crippen molar-refractivity contribution in [1.82, 2.24) is 5.01 Å². The zero-order valence-corrected chi connectivity index (χ0v) is 13.0. The van der Waals surface area contributed by atoms with Crippen molar-refractivity contribution in [2.24, 2.45) is 5.10 Å². The third kappa shape index (κ3) is 1.92. The molecule has 2 aromatic rings. The van der Waals surface area contributed by atoms with E-state index in [2.05, 4.69) is 61.3 Å². The Kier molecular flexibility index (Phi) is 2.96. The number of ether oxygens (including phenoxy) is 1. The zero-order valence-electron chi connectivity index (χ0n) is 13.0. The highest BCUT2D eigenvalue weighted by Crippen LogP contribution is 2.47. The fraction of sp³-hybridized carbons (Fsp3) is 0.316. The summed E-state index contributed by atoms with van der Waals surface area (Å²) in [6, 6.07) is 19.1. The molecule has 3 heteroatoms. The first-order chi connectivity index (χ1) is 10.7. The molecule has 3 nitrogen and oxygen atoms in total. The maximum Gasteiger partial charge on any atom is 0.195 e. The van der Waals surface area contributed by atoms with Gasteiger partial charge in [0.25, 0.3) is 0 Å². The normalized spacial score (nSPS) is 26.0. The average Bonchev–Trinajstić information content (AvgIpc) is 3.02. The summed E-state index contributed by atoms with van der Waals surface area (Å²) in [5.41, 5.74) is 3.21. The first-order valence-corrected chi connectivity index (χ1v) is 7.91. The maximum absolute atomic E-state index is 6.29. The van der Waals surface area contributed by atoms with Gasteiger partial charge in [0.15, 0.2) is 5.72 Å². The molecule has 0 amide bonds. The molecule has 0 radical (unpaired) electrons. The van der Waals surface area contributed by atoms with Crippen LogP contribution >= 0.6 is 0 Å². The predicted molar refractivity (Wildman–Crippen MR) is 87.9 cm³/mol. The highest BCUT2D eigenvalue weighted by Gasteiger charge is 2.46. The standard InChI is InChI=1S/C19H20N2O/c1-3-19(2)21-17(15-11-7-8-12-18(15)22-19)13-16(20-21)14-9-5-4-6-10-14/h4-12,17H,3,13H2,1-2H3/t17-,19-/m1/s1. The summed E-state index contributed by atoms with van der Waals surface area (Å²) in [5.74, 6) is 0.998. The van der Waals surface area contributed by atoms with Gasteiger partial charge >= 0.3 is 0 Å². The number of rotatable bonds is 2. The van der Waals surface area contributed by atoms with Crippen LogP contribution in [0.4, 0.5) is 0 Å². The van der Waals surface area contributed by atoms with Crippen LogP contribution in [0.5, 0.6) is 5.75 Å². The van der Waals surface area contributed by atoms with E-state index in [4.69, 9.17) is 9.84 Å². The molecule has 2 heterocycles. The van der Waals surface area contributed by atoms with E-state index in [9.17, 15) is 0 Å². The van der Waals surface area contributed by atoms with Gasteiger partial charge in [-0.25, -0.2) is 5.01 Å². The lowest BCUT2D eigenvalue weighted by atomic mass is 9.94. The van der Waals surface area contributed by atoms with E-state index in [1.54, 1.807) is 0 Å². The van der Waals surface area contributed by atoms with Crippen molar-refractivity contribution in [3.8, 4) is 5.75 Å². The maximum atomic E-state index is 6.29. The first kappa shape index (κ1) is 13.4. The van der Waals surface area contributed by atoms with Crippen LogP contribution in [0.2, 0.25) is 0 Å². The summed E-state index contributed by atoms with van der Waals surface area (Å²) >= 11 is 0. The van der Waals surface area contributed by atoms with Gasteiger partial charge in [-0.1, -0.05) is 55.5 Å². The second-order valence-electron chi connectivity index (χ2n) is 6.15. The molecule has 0 saturated carbocycles. The van der Waals surface area contributed by atoms with Crippen molar-refractivity contribution in [2.75, 3.05) is 0 Å². The minimum atomic E-state index is -0.379. The van der Waals surface area contributed by atoms with Crippen LogP contribution < -0.4 is 4.74 Å². The van der Waals surface area contributed by atoms with Gasteiger partial charge in [-0.05, 0) is 18.6 Å². The number of fused-ring (bicyclic) bond motifs is 3. The van der Waals surface area contributed by atoms with Crippen LogP contribution in [-0.2, 0) is 0 Å². The fourth-order valence-corrected chi connectivity index (χ4v) is 3.36. The van der Waals surface area contributed by atoms with Gasteiger partial charge < -0.3 is 4.74 Å². The Balaban J connectivity index is 1.79. The Morgan fingerprint density at radius 3 is 2.64 bits per heavy atom. The van der Waals surface area contributed by atoms with E-state index in [0.717, 1.165) is 24.3 Å². The quantitative estimate of drug-likeness (QED) is 0.821. The highest BCUT2D eigenvalue weighted by atomic mass is 16.5. The van der Waals surface area contributed by atoms with E-state index < -0.39 is 0 Å². The molecule has 2 atom stereocenters. The first-order valence-electron chi connectivity index (χ1n) is 7.91. The topological polar surface area (TPSA) is 24.8 Å². The lowest BCUT2D eigenvalue weighted by Gasteiger charge is -2.45. The van der Waals surface area contributed by atoms with Gasteiger partial charge in [-0.2, -0.15) is 5.10 Å². The average molecular weight is 292 g/mol. The van der Waals surface area contributed by atoms with E-state index in [1.807, 2.05) is 12.1 Å². The van der Waals surface area contributed by atoms with Crippen molar-refractivity contribution < 1.29 is 4.74 Å². The second-order valence-corrected chi connectivity index (χ2v) is 6.15. The van der Waals surface area contributed by atoms with E-state index in [-0.39, 0.29) is 11.8 Å². The number of para-hydroxylation sites is 1. The minimum Gasteiger partial charge on any atom is -0.466 e. The van der Waals surface area contributed by atoms with Crippen molar-refractivity contribution in [2.45, 2.75) is 38.5 Å². The van der Waals surface area contributed by atoms with Crippen molar-refractivity contribution >= 4 is 5.71 Å². The minimum absolute atomic E-state index is 0.269. The molecule has 2 aliphatic heterocycles. The van der Waals surface area contributed by atoms with Crippen LogP contribution in [0, 0.1) is 0 Å². The number of hydrogen-bond donors (Lipinski definition) is 0. The number of nitrogens with zero attached hydrogens (tertiary/aromatic N) is 2. The SMILES string of the molecule is CC[C@@]1(C)Oc2ccccc2[C@H]2CC(c3ccccc3)=NN21. The molecule has 112 valence electrons. The Morgan fingerprint density at radius 2 is 1.86 bits per heavy atom. The number of hydrogen-bond acceptors (Lipinski definition) is 3. The number of hydrazone groups is 1. The molecule has 2 aliphatic rings.